The predicted octanol–water partition coefficient (Wildman–Crippen LogP) is 6.30. The van der Waals surface area contributed by atoms with Gasteiger partial charge in [0.2, 0.25) is 0 Å². The van der Waals surface area contributed by atoms with Gasteiger partial charge in [-0.05, 0) is 60.2 Å². The van der Waals surface area contributed by atoms with Gasteiger partial charge in [-0.1, -0.05) is 74.9 Å². The number of rotatable bonds is 9. The van der Waals surface area contributed by atoms with E-state index >= 15 is 0 Å². The Kier molecular flexibility index (Phi) is 7.35. The van der Waals surface area contributed by atoms with Gasteiger partial charge in [0.25, 0.3) is 11.8 Å². The molecule has 1 heterocycles. The molecule has 0 aliphatic carbocycles. The lowest BCUT2D eigenvalue weighted by Crippen LogP contribution is -2.32. The van der Waals surface area contributed by atoms with Gasteiger partial charge in [-0.15, -0.1) is 0 Å². The SMILES string of the molecule is CCCOc1ccc(C2=C(Nc3ccc(C(C)C)cc3)C(=O)N(Cc3ccc(C)cc3)C2=O)cc1. The van der Waals surface area contributed by atoms with E-state index in [2.05, 4.69) is 26.1 Å². The fourth-order valence-electron chi connectivity index (χ4n) is 4.01. The Morgan fingerprint density at radius 1 is 0.857 bits per heavy atom. The summed E-state index contributed by atoms with van der Waals surface area (Å²) in [6, 6.07) is 23.2. The zero-order valence-electron chi connectivity index (χ0n) is 20.8. The molecule has 0 saturated heterocycles. The molecule has 0 atom stereocenters. The number of carbonyl (C=O) groups excluding carboxylic acids is 2. The van der Waals surface area contributed by atoms with Crippen molar-refractivity contribution >= 4 is 23.1 Å². The van der Waals surface area contributed by atoms with E-state index in [0.717, 1.165) is 29.0 Å². The molecule has 0 radical (unpaired) electrons. The van der Waals surface area contributed by atoms with E-state index in [1.807, 2.05) is 79.7 Å². The molecule has 0 aromatic heterocycles. The summed E-state index contributed by atoms with van der Waals surface area (Å²) in [4.78, 5) is 28.4. The minimum Gasteiger partial charge on any atom is -0.494 e. The Hall–Kier alpha value is -3.86. The molecule has 3 aromatic carbocycles. The second-order valence-corrected chi connectivity index (χ2v) is 9.21. The lowest BCUT2D eigenvalue weighted by Gasteiger charge is -2.16. The number of nitrogens with one attached hydrogen (secondary N) is 1. The summed E-state index contributed by atoms with van der Waals surface area (Å²) in [5.74, 6) is 0.513. The molecule has 1 N–H and O–H groups in total. The maximum Gasteiger partial charge on any atom is 0.278 e. The van der Waals surface area contributed by atoms with Gasteiger partial charge in [-0.3, -0.25) is 14.5 Å². The molecule has 1 aliphatic rings. The van der Waals surface area contributed by atoms with Crippen molar-refractivity contribution in [2.24, 2.45) is 0 Å². The fraction of sp³-hybridized carbons (Fsp3) is 0.267. The lowest BCUT2D eigenvalue weighted by atomic mass is 10.0. The van der Waals surface area contributed by atoms with Crippen molar-refractivity contribution in [1.29, 1.82) is 0 Å². The van der Waals surface area contributed by atoms with E-state index in [9.17, 15) is 9.59 Å². The normalized spacial score (nSPS) is 13.7. The monoisotopic (exact) mass is 468 g/mol. The summed E-state index contributed by atoms with van der Waals surface area (Å²) in [5.41, 5.74) is 5.36. The van der Waals surface area contributed by atoms with Gasteiger partial charge in [-0.25, -0.2) is 0 Å². The van der Waals surface area contributed by atoms with Crippen LogP contribution in [0, 0.1) is 6.92 Å². The molecule has 35 heavy (non-hydrogen) atoms. The van der Waals surface area contributed by atoms with Gasteiger partial charge in [0.15, 0.2) is 0 Å². The Morgan fingerprint density at radius 2 is 1.51 bits per heavy atom. The highest BCUT2D eigenvalue weighted by molar-refractivity contribution is 6.36. The maximum absolute atomic E-state index is 13.6. The zero-order chi connectivity index (χ0) is 24.9. The Labute approximate surface area is 207 Å². The number of imide groups is 1. The first kappa shape index (κ1) is 24.3. The van der Waals surface area contributed by atoms with Crippen LogP contribution in [0.5, 0.6) is 5.75 Å². The quantitative estimate of drug-likeness (QED) is 0.375. The second-order valence-electron chi connectivity index (χ2n) is 9.21. The largest absolute Gasteiger partial charge is 0.494 e. The zero-order valence-corrected chi connectivity index (χ0v) is 20.8. The van der Waals surface area contributed by atoms with Crippen molar-refractivity contribution in [1.82, 2.24) is 4.90 Å². The first-order chi connectivity index (χ1) is 16.9. The Balaban J connectivity index is 1.68. The number of anilines is 1. The van der Waals surface area contributed by atoms with E-state index in [-0.39, 0.29) is 18.4 Å². The molecular formula is C30H32N2O3. The molecule has 4 rings (SSSR count). The molecular weight excluding hydrogens is 436 g/mol. The molecule has 0 fully saturated rings. The van der Waals surface area contributed by atoms with Gasteiger partial charge < -0.3 is 10.1 Å². The molecule has 5 heteroatoms. The predicted molar refractivity (Wildman–Crippen MR) is 140 cm³/mol. The number of hydrogen-bond donors (Lipinski definition) is 1. The number of benzene rings is 3. The van der Waals surface area contributed by atoms with Gasteiger partial charge in [-0.2, -0.15) is 0 Å². The first-order valence-corrected chi connectivity index (χ1v) is 12.1. The summed E-state index contributed by atoms with van der Waals surface area (Å²) in [7, 11) is 0. The third-order valence-electron chi connectivity index (χ3n) is 6.09. The summed E-state index contributed by atoms with van der Waals surface area (Å²) in [6.07, 6.45) is 0.914. The van der Waals surface area contributed by atoms with Crippen molar-refractivity contribution in [3.05, 3.63) is 101 Å². The van der Waals surface area contributed by atoms with Crippen LogP contribution in [0.4, 0.5) is 5.69 Å². The lowest BCUT2D eigenvalue weighted by molar-refractivity contribution is -0.137. The molecule has 1 aliphatic heterocycles. The van der Waals surface area contributed by atoms with E-state index < -0.39 is 0 Å². The van der Waals surface area contributed by atoms with Crippen molar-refractivity contribution < 1.29 is 14.3 Å². The molecule has 3 aromatic rings. The fourth-order valence-corrected chi connectivity index (χ4v) is 4.01. The highest BCUT2D eigenvalue weighted by atomic mass is 16.5. The van der Waals surface area contributed by atoms with Crippen molar-refractivity contribution in [3.8, 4) is 5.75 Å². The van der Waals surface area contributed by atoms with Crippen LogP contribution in [0.3, 0.4) is 0 Å². The highest BCUT2D eigenvalue weighted by Crippen LogP contribution is 2.32. The molecule has 180 valence electrons. The highest BCUT2D eigenvalue weighted by Gasteiger charge is 2.39. The molecule has 0 spiro atoms. The number of amides is 2. The molecule has 5 nitrogen and oxygen atoms in total. The summed E-state index contributed by atoms with van der Waals surface area (Å²) in [5, 5.41) is 3.25. The minimum atomic E-state index is -0.329. The molecule has 0 bridgehead atoms. The van der Waals surface area contributed by atoms with Crippen LogP contribution in [-0.2, 0) is 16.1 Å². The van der Waals surface area contributed by atoms with Crippen LogP contribution in [-0.4, -0.2) is 23.3 Å². The van der Waals surface area contributed by atoms with E-state index in [1.54, 1.807) is 0 Å². The average Bonchev–Trinajstić information content (AvgIpc) is 3.09. The second kappa shape index (κ2) is 10.6. The van der Waals surface area contributed by atoms with Crippen molar-refractivity contribution in [2.75, 3.05) is 11.9 Å². The van der Waals surface area contributed by atoms with Crippen LogP contribution in [0.25, 0.3) is 5.57 Å². The van der Waals surface area contributed by atoms with Crippen molar-refractivity contribution in [2.45, 2.75) is 46.6 Å². The molecule has 0 unspecified atom stereocenters. The minimum absolute atomic E-state index is 0.219. The number of aryl methyl sites for hydroxylation is 1. The van der Waals surface area contributed by atoms with Crippen LogP contribution in [0.1, 0.15) is 55.4 Å². The first-order valence-electron chi connectivity index (χ1n) is 12.1. The van der Waals surface area contributed by atoms with Crippen LogP contribution < -0.4 is 10.1 Å². The van der Waals surface area contributed by atoms with Crippen LogP contribution in [0.2, 0.25) is 0 Å². The maximum atomic E-state index is 13.6. The van der Waals surface area contributed by atoms with E-state index in [4.69, 9.17) is 4.74 Å². The number of nitrogens with zero attached hydrogens (tertiary/aromatic N) is 1. The Morgan fingerprint density at radius 3 is 2.11 bits per heavy atom. The third kappa shape index (κ3) is 5.46. The van der Waals surface area contributed by atoms with Crippen LogP contribution in [0.15, 0.2) is 78.5 Å². The van der Waals surface area contributed by atoms with Crippen molar-refractivity contribution in [3.63, 3.8) is 0 Å². The summed E-state index contributed by atoms with van der Waals surface area (Å²) < 4.78 is 5.69. The van der Waals surface area contributed by atoms with Crippen LogP contribution >= 0.6 is 0 Å². The summed E-state index contributed by atoms with van der Waals surface area (Å²) >= 11 is 0. The topological polar surface area (TPSA) is 58.6 Å². The number of hydrogen-bond acceptors (Lipinski definition) is 4. The van der Waals surface area contributed by atoms with E-state index in [1.165, 1.54) is 10.5 Å². The number of ether oxygens (including phenoxy) is 1. The van der Waals surface area contributed by atoms with Gasteiger partial charge in [0.05, 0.1) is 18.7 Å². The third-order valence-corrected chi connectivity index (χ3v) is 6.09. The van der Waals surface area contributed by atoms with Gasteiger partial charge in [0.1, 0.15) is 11.4 Å². The molecule has 2 amide bonds. The molecule has 0 saturated carbocycles. The average molecular weight is 469 g/mol. The summed E-state index contributed by atoms with van der Waals surface area (Å²) in [6.45, 7) is 9.18. The van der Waals surface area contributed by atoms with Gasteiger partial charge in [0, 0.05) is 5.69 Å². The van der Waals surface area contributed by atoms with Gasteiger partial charge >= 0.3 is 0 Å². The van der Waals surface area contributed by atoms with E-state index in [0.29, 0.717) is 29.4 Å². The smallest absolute Gasteiger partial charge is 0.278 e. The number of carbonyl (C=O) groups is 2. The Bertz CT molecular complexity index is 1220. The standard InChI is InChI=1S/C30H32N2O3/c1-5-18-35-26-16-12-24(13-17-26)27-28(31-25-14-10-23(11-15-25)20(2)3)30(34)32(29(27)33)19-22-8-6-21(4)7-9-22/h6-17,20,31H,5,18-19H2,1-4H3.